The molecule has 0 saturated heterocycles. The summed E-state index contributed by atoms with van der Waals surface area (Å²) in [6.45, 7) is 0.898. The number of aromatic nitrogens is 1. The Hall–Kier alpha value is -0.580. The third-order valence-electron chi connectivity index (χ3n) is 1.68. The van der Waals surface area contributed by atoms with Crippen molar-refractivity contribution in [1.29, 1.82) is 0 Å². The summed E-state index contributed by atoms with van der Waals surface area (Å²) in [4.78, 5) is 4.06. The number of nitrogens with one attached hydrogen (secondary N) is 1. The minimum Gasteiger partial charge on any atom is -0.386 e. The van der Waals surface area contributed by atoms with Crippen molar-refractivity contribution < 1.29 is 0 Å². The number of rotatable bonds is 0. The molecule has 1 aliphatic heterocycles. The van der Waals surface area contributed by atoms with E-state index in [9.17, 15) is 0 Å². The van der Waals surface area contributed by atoms with Gasteiger partial charge in [0.2, 0.25) is 0 Å². The fourth-order valence-electron chi connectivity index (χ4n) is 1.13. The third kappa shape index (κ3) is 1.24. The topological polar surface area (TPSA) is 24.9 Å². The van der Waals surface area contributed by atoms with E-state index < -0.39 is 0 Å². The van der Waals surface area contributed by atoms with Crippen LogP contribution >= 0.6 is 22.6 Å². The lowest BCUT2D eigenvalue weighted by molar-refractivity contribution is 0.851. The SMILES string of the molecule is IC1=CNCc2cnccc21. The van der Waals surface area contributed by atoms with Crippen molar-refractivity contribution in [3.63, 3.8) is 0 Å². The number of pyridine rings is 1. The van der Waals surface area contributed by atoms with E-state index >= 15 is 0 Å². The molecule has 0 saturated carbocycles. The Morgan fingerprint density at radius 2 is 2.45 bits per heavy atom. The van der Waals surface area contributed by atoms with Crippen LogP contribution in [-0.2, 0) is 6.54 Å². The van der Waals surface area contributed by atoms with Crippen LogP contribution in [0.3, 0.4) is 0 Å². The summed E-state index contributed by atoms with van der Waals surface area (Å²) >= 11 is 2.32. The Bertz CT molecular complexity index is 307. The lowest BCUT2D eigenvalue weighted by atomic mass is 10.1. The van der Waals surface area contributed by atoms with Crippen LogP contribution in [0, 0.1) is 0 Å². The number of nitrogens with zero attached hydrogens (tertiary/aromatic N) is 1. The second-order valence-corrected chi connectivity index (χ2v) is 3.57. The quantitative estimate of drug-likeness (QED) is 0.719. The van der Waals surface area contributed by atoms with E-state index in [2.05, 4.69) is 39.0 Å². The number of fused-ring (bicyclic) bond motifs is 1. The van der Waals surface area contributed by atoms with Gasteiger partial charge in [-0.2, -0.15) is 0 Å². The fraction of sp³-hybridized carbons (Fsp3) is 0.125. The zero-order valence-electron chi connectivity index (χ0n) is 5.84. The molecule has 0 aromatic carbocycles. The summed E-state index contributed by atoms with van der Waals surface area (Å²) in [5.74, 6) is 0. The first-order valence-electron chi connectivity index (χ1n) is 3.40. The second kappa shape index (κ2) is 2.81. The highest BCUT2D eigenvalue weighted by Gasteiger charge is 2.08. The molecule has 0 radical (unpaired) electrons. The van der Waals surface area contributed by atoms with E-state index in [1.165, 1.54) is 14.7 Å². The number of halogens is 1. The predicted octanol–water partition coefficient (Wildman–Crippen LogP) is 1.92. The zero-order chi connectivity index (χ0) is 7.68. The molecule has 1 aromatic heterocycles. The molecule has 3 heteroatoms. The van der Waals surface area contributed by atoms with Crippen LogP contribution in [0.4, 0.5) is 0 Å². The Morgan fingerprint density at radius 1 is 1.55 bits per heavy atom. The van der Waals surface area contributed by atoms with Crippen molar-refractivity contribution >= 4 is 26.2 Å². The van der Waals surface area contributed by atoms with Gasteiger partial charge in [0.05, 0.1) is 0 Å². The average molecular weight is 258 g/mol. The molecule has 0 spiro atoms. The van der Waals surface area contributed by atoms with Crippen LogP contribution < -0.4 is 5.32 Å². The van der Waals surface area contributed by atoms with Crippen LogP contribution in [-0.4, -0.2) is 4.98 Å². The molecular formula is C8H7IN2. The van der Waals surface area contributed by atoms with Crippen LogP contribution in [0.15, 0.2) is 24.7 Å². The Morgan fingerprint density at radius 3 is 3.27 bits per heavy atom. The van der Waals surface area contributed by atoms with Gasteiger partial charge in [0.15, 0.2) is 0 Å². The molecule has 0 amide bonds. The summed E-state index contributed by atoms with van der Waals surface area (Å²) in [5, 5.41) is 3.18. The maximum absolute atomic E-state index is 4.06. The fourth-order valence-corrected chi connectivity index (χ4v) is 1.88. The third-order valence-corrected chi connectivity index (χ3v) is 2.57. The van der Waals surface area contributed by atoms with Gasteiger partial charge in [-0.3, -0.25) is 4.98 Å². The maximum Gasteiger partial charge on any atom is 0.0417 e. The van der Waals surface area contributed by atoms with Gasteiger partial charge in [-0.25, -0.2) is 0 Å². The second-order valence-electron chi connectivity index (χ2n) is 2.41. The predicted molar refractivity (Wildman–Crippen MR) is 53.1 cm³/mol. The summed E-state index contributed by atoms with van der Waals surface area (Å²) in [5.41, 5.74) is 2.58. The van der Waals surface area contributed by atoms with Gasteiger partial charge in [0.25, 0.3) is 0 Å². The van der Waals surface area contributed by atoms with Crippen molar-refractivity contribution in [2.45, 2.75) is 6.54 Å². The number of hydrogen-bond donors (Lipinski definition) is 1. The lowest BCUT2D eigenvalue weighted by Gasteiger charge is -2.13. The first kappa shape index (κ1) is 7.09. The molecule has 0 aliphatic carbocycles. The van der Waals surface area contributed by atoms with E-state index in [0.717, 1.165) is 6.54 Å². The van der Waals surface area contributed by atoms with Crippen LogP contribution in [0.5, 0.6) is 0 Å². The monoisotopic (exact) mass is 258 g/mol. The molecule has 0 bridgehead atoms. The van der Waals surface area contributed by atoms with Crippen molar-refractivity contribution in [3.05, 3.63) is 35.8 Å². The molecular weight excluding hydrogens is 251 g/mol. The van der Waals surface area contributed by atoms with Crippen LogP contribution in [0.2, 0.25) is 0 Å². The van der Waals surface area contributed by atoms with Gasteiger partial charge < -0.3 is 5.32 Å². The molecule has 1 aliphatic rings. The molecule has 11 heavy (non-hydrogen) atoms. The summed E-state index contributed by atoms with van der Waals surface area (Å²) < 4.78 is 1.26. The van der Waals surface area contributed by atoms with Gasteiger partial charge in [0, 0.05) is 28.7 Å². The molecule has 0 fully saturated rings. The van der Waals surface area contributed by atoms with Crippen molar-refractivity contribution in [2.75, 3.05) is 0 Å². The molecule has 0 unspecified atom stereocenters. The first-order valence-corrected chi connectivity index (χ1v) is 4.48. The van der Waals surface area contributed by atoms with Crippen molar-refractivity contribution in [1.82, 2.24) is 10.3 Å². The summed E-state index contributed by atoms with van der Waals surface area (Å²) in [6, 6.07) is 2.05. The Labute approximate surface area is 78.9 Å². The van der Waals surface area contributed by atoms with Gasteiger partial charge >= 0.3 is 0 Å². The maximum atomic E-state index is 4.06. The molecule has 2 nitrogen and oxygen atoms in total. The highest BCUT2D eigenvalue weighted by atomic mass is 127. The average Bonchev–Trinajstić information content (AvgIpc) is 2.06. The molecule has 0 atom stereocenters. The highest BCUT2D eigenvalue weighted by Crippen LogP contribution is 2.26. The Kier molecular flexibility index (Phi) is 1.81. The van der Waals surface area contributed by atoms with E-state index in [1.54, 1.807) is 0 Å². The summed E-state index contributed by atoms with van der Waals surface area (Å²) in [6.07, 6.45) is 5.77. The van der Waals surface area contributed by atoms with Crippen LogP contribution in [0.25, 0.3) is 3.58 Å². The largest absolute Gasteiger partial charge is 0.386 e. The minimum atomic E-state index is 0.898. The molecule has 2 rings (SSSR count). The van der Waals surface area contributed by atoms with E-state index in [0.29, 0.717) is 0 Å². The smallest absolute Gasteiger partial charge is 0.0417 e. The van der Waals surface area contributed by atoms with E-state index in [4.69, 9.17) is 0 Å². The summed E-state index contributed by atoms with van der Waals surface area (Å²) in [7, 11) is 0. The van der Waals surface area contributed by atoms with E-state index in [1.807, 2.05) is 18.6 Å². The molecule has 56 valence electrons. The molecule has 1 N–H and O–H groups in total. The first-order chi connectivity index (χ1) is 5.38. The Balaban J connectivity index is 2.56. The zero-order valence-corrected chi connectivity index (χ0v) is 8.00. The molecule has 1 aromatic rings. The van der Waals surface area contributed by atoms with Gasteiger partial charge in [0.1, 0.15) is 0 Å². The normalized spacial score (nSPS) is 14.8. The van der Waals surface area contributed by atoms with Crippen LogP contribution in [0.1, 0.15) is 11.1 Å². The van der Waals surface area contributed by atoms with E-state index in [-0.39, 0.29) is 0 Å². The van der Waals surface area contributed by atoms with Gasteiger partial charge in [-0.05, 0) is 39.8 Å². The standard InChI is InChI=1S/C8H7IN2/c9-8-5-11-4-6-3-10-2-1-7(6)8/h1-3,5,11H,4H2. The molecule has 2 heterocycles. The highest BCUT2D eigenvalue weighted by molar-refractivity contribution is 14.1. The van der Waals surface area contributed by atoms with Gasteiger partial charge in [-0.15, -0.1) is 0 Å². The lowest BCUT2D eigenvalue weighted by Crippen LogP contribution is -2.11. The van der Waals surface area contributed by atoms with Crippen molar-refractivity contribution in [3.8, 4) is 0 Å². The number of hydrogen-bond acceptors (Lipinski definition) is 2. The van der Waals surface area contributed by atoms with Gasteiger partial charge in [-0.1, -0.05) is 0 Å². The van der Waals surface area contributed by atoms with Crippen molar-refractivity contribution in [2.24, 2.45) is 0 Å². The minimum absolute atomic E-state index is 0.898.